The summed E-state index contributed by atoms with van der Waals surface area (Å²) in [5, 5.41) is 0.503. The number of H-pyrrole nitrogens is 1. The van der Waals surface area contributed by atoms with Crippen molar-refractivity contribution in [1.29, 1.82) is 0 Å². The topological polar surface area (TPSA) is 74.2 Å². The third-order valence-electron chi connectivity index (χ3n) is 5.33. The molecular weight excluding hydrogens is 398 g/mol. The Morgan fingerprint density at radius 2 is 2.03 bits per heavy atom. The van der Waals surface area contributed by atoms with Gasteiger partial charge in [0.15, 0.2) is 4.77 Å². The van der Waals surface area contributed by atoms with Gasteiger partial charge in [-0.25, -0.2) is 0 Å². The number of piperazine rings is 1. The van der Waals surface area contributed by atoms with E-state index in [1.54, 1.807) is 30.5 Å². The van der Waals surface area contributed by atoms with Gasteiger partial charge in [0.05, 0.1) is 10.9 Å². The van der Waals surface area contributed by atoms with Crippen molar-refractivity contribution in [3.8, 4) is 0 Å². The first-order chi connectivity index (χ1) is 14.6. The number of pyridine rings is 1. The molecule has 1 aromatic carbocycles. The standard InChI is InChI=1S/C22H23N5O2S/c1-2-8-27-21(29)18-6-5-17(13-19(18)24-22(27)30)20(28)26-11-9-25(10-12-26)15-16-4-3-7-23-14-16/h2-7,13-14H,1,8-12,15H2,(H,24,30). The van der Waals surface area contributed by atoms with E-state index in [1.165, 1.54) is 10.1 Å². The first kappa shape index (κ1) is 20.2. The van der Waals surface area contributed by atoms with Crippen molar-refractivity contribution in [2.75, 3.05) is 26.2 Å². The number of nitrogens with one attached hydrogen (secondary N) is 1. The first-order valence-electron chi connectivity index (χ1n) is 9.85. The highest BCUT2D eigenvalue weighted by Crippen LogP contribution is 2.15. The minimum absolute atomic E-state index is 0.0347. The zero-order valence-corrected chi connectivity index (χ0v) is 17.4. The predicted molar refractivity (Wildman–Crippen MR) is 119 cm³/mol. The Morgan fingerprint density at radius 3 is 2.73 bits per heavy atom. The molecule has 1 fully saturated rings. The summed E-state index contributed by atoms with van der Waals surface area (Å²) >= 11 is 5.29. The van der Waals surface area contributed by atoms with Crippen LogP contribution in [0.15, 0.2) is 60.2 Å². The molecule has 1 saturated heterocycles. The molecule has 30 heavy (non-hydrogen) atoms. The lowest BCUT2D eigenvalue weighted by molar-refractivity contribution is 0.0628. The van der Waals surface area contributed by atoms with E-state index in [-0.39, 0.29) is 11.5 Å². The molecule has 0 aliphatic carbocycles. The third kappa shape index (κ3) is 4.10. The molecular formula is C22H23N5O2S. The highest BCUT2D eigenvalue weighted by atomic mass is 32.1. The SMILES string of the molecule is C=CCn1c(=S)[nH]c2cc(C(=O)N3CCN(Cc4cccnc4)CC3)ccc2c1=O. The van der Waals surface area contributed by atoms with Crippen LogP contribution in [0.4, 0.5) is 0 Å². The lowest BCUT2D eigenvalue weighted by Gasteiger charge is -2.34. The molecule has 0 spiro atoms. The van der Waals surface area contributed by atoms with Gasteiger partial charge in [0.25, 0.3) is 11.5 Å². The minimum atomic E-state index is -0.184. The van der Waals surface area contributed by atoms with Crippen molar-refractivity contribution in [1.82, 2.24) is 24.3 Å². The number of benzene rings is 1. The number of fused-ring (bicyclic) bond motifs is 1. The molecule has 7 nitrogen and oxygen atoms in total. The van der Waals surface area contributed by atoms with Gasteiger partial charge in [-0.15, -0.1) is 6.58 Å². The quantitative estimate of drug-likeness (QED) is 0.506. The smallest absolute Gasteiger partial charge is 0.262 e. The van der Waals surface area contributed by atoms with Crippen LogP contribution in [0, 0.1) is 4.77 Å². The van der Waals surface area contributed by atoms with E-state index in [1.807, 2.05) is 17.2 Å². The first-order valence-corrected chi connectivity index (χ1v) is 10.3. The number of rotatable bonds is 5. The van der Waals surface area contributed by atoms with Crippen molar-refractivity contribution in [3.63, 3.8) is 0 Å². The second-order valence-corrected chi connectivity index (χ2v) is 7.71. The lowest BCUT2D eigenvalue weighted by Crippen LogP contribution is -2.48. The van der Waals surface area contributed by atoms with Gasteiger partial charge in [-0.3, -0.25) is 24.0 Å². The van der Waals surface area contributed by atoms with Crippen LogP contribution in [0.2, 0.25) is 0 Å². The number of hydrogen-bond donors (Lipinski definition) is 1. The van der Waals surface area contributed by atoms with E-state index in [0.717, 1.165) is 19.6 Å². The van der Waals surface area contributed by atoms with E-state index in [0.29, 0.717) is 40.9 Å². The maximum Gasteiger partial charge on any atom is 0.262 e. The van der Waals surface area contributed by atoms with Crippen LogP contribution in [0.5, 0.6) is 0 Å². The summed E-state index contributed by atoms with van der Waals surface area (Å²) in [6.07, 6.45) is 5.27. The van der Waals surface area contributed by atoms with Crippen LogP contribution in [0.3, 0.4) is 0 Å². The van der Waals surface area contributed by atoms with Crippen LogP contribution in [0.25, 0.3) is 10.9 Å². The van der Waals surface area contributed by atoms with E-state index >= 15 is 0 Å². The summed E-state index contributed by atoms with van der Waals surface area (Å²) < 4.78 is 1.77. The van der Waals surface area contributed by atoms with Gasteiger partial charge in [0.2, 0.25) is 0 Å². The van der Waals surface area contributed by atoms with E-state index < -0.39 is 0 Å². The lowest BCUT2D eigenvalue weighted by atomic mass is 10.1. The Kier molecular flexibility index (Phi) is 5.87. The Labute approximate surface area is 179 Å². The van der Waals surface area contributed by atoms with E-state index in [9.17, 15) is 9.59 Å². The molecule has 1 aliphatic rings. The van der Waals surface area contributed by atoms with Crippen molar-refractivity contribution in [2.24, 2.45) is 0 Å². The molecule has 154 valence electrons. The van der Waals surface area contributed by atoms with Crippen molar-refractivity contribution >= 4 is 29.0 Å². The second kappa shape index (κ2) is 8.73. The van der Waals surface area contributed by atoms with Gasteiger partial charge in [-0.2, -0.15) is 0 Å². The molecule has 3 heterocycles. The fourth-order valence-electron chi connectivity index (χ4n) is 3.72. The molecule has 2 aromatic heterocycles. The Balaban J connectivity index is 1.48. The fraction of sp³-hybridized carbons (Fsp3) is 0.273. The van der Waals surface area contributed by atoms with Gasteiger partial charge in [-0.05, 0) is 42.0 Å². The van der Waals surface area contributed by atoms with Gasteiger partial charge < -0.3 is 9.88 Å². The summed E-state index contributed by atoms with van der Waals surface area (Å²) in [5.41, 5.74) is 2.11. The maximum absolute atomic E-state index is 13.0. The summed E-state index contributed by atoms with van der Waals surface area (Å²) in [4.78, 5) is 37.0. The highest BCUT2D eigenvalue weighted by molar-refractivity contribution is 7.71. The van der Waals surface area contributed by atoms with Crippen LogP contribution < -0.4 is 5.56 Å². The van der Waals surface area contributed by atoms with Crippen LogP contribution in [-0.2, 0) is 13.1 Å². The summed E-state index contributed by atoms with van der Waals surface area (Å²) in [5.74, 6) is -0.0347. The van der Waals surface area contributed by atoms with Gasteiger partial charge in [0, 0.05) is 57.2 Å². The number of amides is 1. The molecule has 3 aromatic rings. The highest BCUT2D eigenvalue weighted by Gasteiger charge is 2.22. The number of allylic oxidation sites excluding steroid dienone is 1. The van der Waals surface area contributed by atoms with Crippen molar-refractivity contribution in [2.45, 2.75) is 13.1 Å². The van der Waals surface area contributed by atoms with Crippen LogP contribution in [-0.4, -0.2) is 56.4 Å². The zero-order chi connectivity index (χ0) is 21.1. The summed E-state index contributed by atoms with van der Waals surface area (Å²) in [6.45, 7) is 7.77. The molecule has 0 unspecified atom stereocenters. The Bertz CT molecular complexity index is 1190. The number of carbonyl (C=O) groups excluding carboxylic acids is 1. The van der Waals surface area contributed by atoms with Gasteiger partial charge in [0.1, 0.15) is 0 Å². The zero-order valence-electron chi connectivity index (χ0n) is 16.6. The predicted octanol–water partition coefficient (Wildman–Crippen LogP) is 2.60. The number of aromatic nitrogens is 3. The normalized spacial score (nSPS) is 14.7. The number of hydrogen-bond acceptors (Lipinski definition) is 5. The van der Waals surface area contributed by atoms with Crippen LogP contribution >= 0.6 is 12.2 Å². The fourth-order valence-corrected chi connectivity index (χ4v) is 3.99. The molecule has 0 bridgehead atoms. The van der Waals surface area contributed by atoms with Crippen LogP contribution in [0.1, 0.15) is 15.9 Å². The van der Waals surface area contributed by atoms with E-state index in [2.05, 4.69) is 27.5 Å². The maximum atomic E-state index is 13.0. The molecule has 1 amide bonds. The average molecular weight is 422 g/mol. The second-order valence-electron chi connectivity index (χ2n) is 7.32. The monoisotopic (exact) mass is 421 g/mol. The van der Waals surface area contributed by atoms with Gasteiger partial charge >= 0.3 is 0 Å². The molecule has 1 aliphatic heterocycles. The molecule has 0 saturated carbocycles. The number of nitrogens with zero attached hydrogens (tertiary/aromatic N) is 4. The Hall–Kier alpha value is -3.10. The number of carbonyl (C=O) groups is 1. The minimum Gasteiger partial charge on any atom is -0.336 e. The molecule has 4 rings (SSSR count). The van der Waals surface area contributed by atoms with Crippen molar-refractivity contribution < 1.29 is 4.79 Å². The molecule has 8 heteroatoms. The third-order valence-corrected chi connectivity index (χ3v) is 5.65. The van der Waals surface area contributed by atoms with Crippen molar-refractivity contribution in [3.05, 3.63) is 81.6 Å². The summed E-state index contributed by atoms with van der Waals surface area (Å²) in [6, 6.07) is 9.12. The van der Waals surface area contributed by atoms with Gasteiger partial charge in [-0.1, -0.05) is 12.1 Å². The summed E-state index contributed by atoms with van der Waals surface area (Å²) in [7, 11) is 0. The number of aromatic amines is 1. The van der Waals surface area contributed by atoms with E-state index in [4.69, 9.17) is 12.2 Å². The molecule has 0 atom stereocenters. The largest absolute Gasteiger partial charge is 0.336 e. The molecule has 0 radical (unpaired) electrons. The Morgan fingerprint density at radius 1 is 1.23 bits per heavy atom. The molecule has 1 N–H and O–H groups in total. The average Bonchev–Trinajstić information content (AvgIpc) is 2.77.